The van der Waals surface area contributed by atoms with E-state index in [0.29, 0.717) is 12.2 Å². The van der Waals surface area contributed by atoms with Gasteiger partial charge in [0.05, 0.1) is 13.4 Å². The van der Waals surface area contributed by atoms with Crippen molar-refractivity contribution >= 4 is 68.3 Å². The molecule has 1 aromatic heterocycles. The fraction of sp³-hybridized carbons (Fsp3) is 0.0833. The lowest BCUT2D eigenvalue weighted by Gasteiger charge is -2.12. The Labute approximate surface area is 216 Å². The van der Waals surface area contributed by atoms with Crippen LogP contribution in [0, 0.1) is 7.14 Å². The molecule has 1 amide bonds. The first-order valence-electron chi connectivity index (χ1n) is 9.89. The van der Waals surface area contributed by atoms with Gasteiger partial charge in [-0.3, -0.25) is 4.79 Å². The summed E-state index contributed by atoms with van der Waals surface area (Å²) in [4.78, 5) is 12.3. The van der Waals surface area contributed by atoms with Gasteiger partial charge in [-0.2, -0.15) is 5.10 Å². The first-order valence-corrected chi connectivity index (χ1v) is 12.0. The van der Waals surface area contributed by atoms with Crippen molar-refractivity contribution in [2.45, 2.75) is 6.61 Å². The van der Waals surface area contributed by atoms with Crippen molar-refractivity contribution in [3.8, 4) is 17.2 Å². The van der Waals surface area contributed by atoms with Crippen LogP contribution in [0.25, 0.3) is 11.0 Å². The number of nitrogens with zero attached hydrogens (tertiary/aromatic N) is 1. The lowest BCUT2D eigenvalue weighted by atomic mass is 10.2. The number of hydrogen-bond donors (Lipinski definition) is 1. The molecule has 0 radical (unpaired) electrons. The van der Waals surface area contributed by atoms with Crippen molar-refractivity contribution < 1.29 is 23.4 Å². The van der Waals surface area contributed by atoms with Crippen LogP contribution in [0.15, 0.2) is 70.2 Å². The summed E-state index contributed by atoms with van der Waals surface area (Å²) in [5.41, 5.74) is 4.99. The van der Waals surface area contributed by atoms with Crippen molar-refractivity contribution in [1.29, 1.82) is 0 Å². The molecule has 5 rings (SSSR count). The Morgan fingerprint density at radius 3 is 2.64 bits per heavy atom. The first kappa shape index (κ1) is 22.0. The summed E-state index contributed by atoms with van der Waals surface area (Å²) in [5.74, 6) is 2.08. The molecule has 0 fully saturated rings. The monoisotopic (exact) mass is 666 g/mol. The molecule has 0 spiro atoms. The Hall–Kier alpha value is -2.80. The molecule has 0 atom stereocenters. The molecular weight excluding hydrogens is 650 g/mol. The van der Waals surface area contributed by atoms with E-state index in [-0.39, 0.29) is 12.6 Å². The van der Waals surface area contributed by atoms with Gasteiger partial charge >= 0.3 is 5.91 Å². The summed E-state index contributed by atoms with van der Waals surface area (Å²) < 4.78 is 24.3. The number of benzene rings is 3. The van der Waals surface area contributed by atoms with Crippen molar-refractivity contribution in [2.24, 2.45) is 5.10 Å². The number of carbonyl (C=O) groups excluding carboxylic acids is 1. The lowest BCUT2D eigenvalue weighted by molar-refractivity contribution is 0.0929. The molecule has 0 unspecified atom stereocenters. The van der Waals surface area contributed by atoms with Crippen LogP contribution in [0.2, 0.25) is 0 Å². The zero-order valence-corrected chi connectivity index (χ0v) is 21.3. The molecule has 7 nitrogen and oxygen atoms in total. The SMILES string of the molecule is O=C(N/N=C/c1cc(I)c(OCc2ccc3c(c2)OCO3)c(I)c1)c1cc2ccccc2o1. The number of ether oxygens (including phenoxy) is 3. The van der Waals surface area contributed by atoms with Crippen LogP contribution in [0.5, 0.6) is 17.2 Å². The van der Waals surface area contributed by atoms with Gasteiger partial charge in [-0.05, 0) is 92.7 Å². The van der Waals surface area contributed by atoms with E-state index < -0.39 is 5.91 Å². The molecule has 2 heterocycles. The van der Waals surface area contributed by atoms with Crippen LogP contribution in [0.3, 0.4) is 0 Å². The molecule has 0 saturated carbocycles. The lowest BCUT2D eigenvalue weighted by Crippen LogP contribution is -2.16. The zero-order chi connectivity index (χ0) is 22.8. The van der Waals surface area contributed by atoms with Gasteiger partial charge < -0.3 is 18.6 Å². The van der Waals surface area contributed by atoms with Crippen molar-refractivity contribution in [3.63, 3.8) is 0 Å². The molecule has 0 aliphatic carbocycles. The number of furan rings is 1. The number of nitrogens with one attached hydrogen (secondary N) is 1. The highest BCUT2D eigenvalue weighted by Gasteiger charge is 2.15. The number of hydrogen-bond acceptors (Lipinski definition) is 6. The number of halogens is 2. The number of para-hydroxylation sites is 1. The Balaban J connectivity index is 1.23. The summed E-state index contributed by atoms with van der Waals surface area (Å²) in [6.07, 6.45) is 1.59. The minimum atomic E-state index is -0.407. The third kappa shape index (κ3) is 4.93. The molecule has 166 valence electrons. The standard InChI is InChI=1S/C24H16I2N2O5/c25-17-7-15(11-27-28-24(29)22-10-16-3-1-2-4-19(16)33-22)8-18(26)23(17)30-12-14-5-6-20-21(9-14)32-13-31-20/h1-11H,12-13H2,(H,28,29)/b27-11+. The fourth-order valence-corrected chi connectivity index (χ4v) is 5.42. The molecule has 1 aliphatic heterocycles. The van der Waals surface area contributed by atoms with Gasteiger partial charge in [0.15, 0.2) is 17.3 Å². The highest BCUT2D eigenvalue weighted by atomic mass is 127. The minimum absolute atomic E-state index is 0.213. The Bertz CT molecular complexity index is 1330. The van der Waals surface area contributed by atoms with Gasteiger partial charge in [-0.25, -0.2) is 5.43 Å². The Morgan fingerprint density at radius 2 is 1.82 bits per heavy atom. The molecule has 1 aliphatic rings. The average Bonchev–Trinajstić information content (AvgIpc) is 3.45. The first-order chi connectivity index (χ1) is 16.1. The number of fused-ring (bicyclic) bond motifs is 2. The second kappa shape index (κ2) is 9.59. The van der Waals surface area contributed by atoms with Crippen LogP contribution in [0.1, 0.15) is 21.7 Å². The van der Waals surface area contributed by atoms with Crippen molar-refractivity contribution in [1.82, 2.24) is 5.43 Å². The van der Waals surface area contributed by atoms with E-state index in [2.05, 4.69) is 55.7 Å². The van der Waals surface area contributed by atoms with Gasteiger partial charge in [-0.15, -0.1) is 0 Å². The summed E-state index contributed by atoms with van der Waals surface area (Å²) in [5, 5.41) is 4.94. The zero-order valence-electron chi connectivity index (χ0n) is 17.0. The highest BCUT2D eigenvalue weighted by molar-refractivity contribution is 14.1. The van der Waals surface area contributed by atoms with E-state index in [4.69, 9.17) is 18.6 Å². The van der Waals surface area contributed by atoms with E-state index in [1.807, 2.05) is 54.6 Å². The predicted octanol–water partition coefficient (Wildman–Crippen LogP) is 5.71. The minimum Gasteiger partial charge on any atom is -0.487 e. The van der Waals surface area contributed by atoms with Gasteiger partial charge in [0.1, 0.15) is 17.9 Å². The quantitative estimate of drug-likeness (QED) is 0.162. The third-order valence-electron chi connectivity index (χ3n) is 4.87. The predicted molar refractivity (Wildman–Crippen MR) is 140 cm³/mol. The Kier molecular flexibility index (Phi) is 6.40. The molecule has 0 bridgehead atoms. The van der Waals surface area contributed by atoms with Gasteiger partial charge in [0, 0.05) is 5.39 Å². The van der Waals surface area contributed by atoms with Gasteiger partial charge in [-0.1, -0.05) is 24.3 Å². The smallest absolute Gasteiger partial charge is 0.307 e. The molecule has 4 aromatic rings. The fourth-order valence-electron chi connectivity index (χ4n) is 3.29. The van der Waals surface area contributed by atoms with Gasteiger partial charge in [0.25, 0.3) is 0 Å². The van der Waals surface area contributed by atoms with Crippen LogP contribution in [-0.4, -0.2) is 18.9 Å². The summed E-state index contributed by atoms with van der Waals surface area (Å²) in [7, 11) is 0. The number of hydrazone groups is 1. The van der Waals surface area contributed by atoms with Crippen LogP contribution < -0.4 is 19.6 Å². The number of carbonyl (C=O) groups is 1. The Morgan fingerprint density at radius 1 is 1.03 bits per heavy atom. The maximum atomic E-state index is 12.3. The largest absolute Gasteiger partial charge is 0.487 e. The van der Waals surface area contributed by atoms with E-state index in [1.165, 1.54) is 0 Å². The molecule has 9 heteroatoms. The van der Waals surface area contributed by atoms with Crippen LogP contribution in [0.4, 0.5) is 0 Å². The number of rotatable bonds is 6. The summed E-state index contributed by atoms with van der Waals surface area (Å²) in [6.45, 7) is 0.654. The van der Waals surface area contributed by atoms with Crippen LogP contribution >= 0.6 is 45.2 Å². The van der Waals surface area contributed by atoms with Crippen molar-refractivity contribution in [2.75, 3.05) is 6.79 Å². The van der Waals surface area contributed by atoms with Gasteiger partial charge in [0.2, 0.25) is 6.79 Å². The maximum absolute atomic E-state index is 12.3. The summed E-state index contributed by atoms with van der Waals surface area (Å²) in [6, 6.07) is 18.8. The second-order valence-electron chi connectivity index (χ2n) is 7.14. The molecule has 3 aromatic carbocycles. The second-order valence-corrected chi connectivity index (χ2v) is 9.46. The molecule has 33 heavy (non-hydrogen) atoms. The highest BCUT2D eigenvalue weighted by Crippen LogP contribution is 2.34. The summed E-state index contributed by atoms with van der Waals surface area (Å²) >= 11 is 4.45. The van der Waals surface area contributed by atoms with Crippen molar-refractivity contribution in [3.05, 3.63) is 84.7 Å². The topological polar surface area (TPSA) is 82.3 Å². The number of amides is 1. The van der Waals surface area contributed by atoms with E-state index >= 15 is 0 Å². The maximum Gasteiger partial charge on any atom is 0.307 e. The molecular formula is C24H16I2N2O5. The van der Waals surface area contributed by atoms with Crippen LogP contribution in [-0.2, 0) is 6.61 Å². The van der Waals surface area contributed by atoms with E-state index in [1.54, 1.807) is 12.3 Å². The normalized spacial score (nSPS) is 12.4. The molecule has 1 N–H and O–H groups in total. The molecule has 0 saturated heterocycles. The third-order valence-corrected chi connectivity index (χ3v) is 6.47. The average molecular weight is 666 g/mol. The van der Waals surface area contributed by atoms with E-state index in [0.717, 1.165) is 40.9 Å². The van der Waals surface area contributed by atoms with E-state index in [9.17, 15) is 4.79 Å².